The minimum Gasteiger partial charge on any atom is -0.332 e. The summed E-state index contributed by atoms with van der Waals surface area (Å²) in [7, 11) is 0. The Morgan fingerprint density at radius 2 is 1.86 bits per heavy atom. The normalized spacial score (nSPS) is 10.1. The largest absolute Gasteiger partial charge is 0.332 e. The van der Waals surface area contributed by atoms with Gasteiger partial charge in [-0.15, -0.1) is 0 Å². The van der Waals surface area contributed by atoms with Crippen LogP contribution in [0.15, 0.2) is 42.5 Å². The third kappa shape index (κ3) is 4.29. The highest BCUT2D eigenvalue weighted by atomic mass is 35.5. The molecule has 2 rings (SSSR count). The Labute approximate surface area is 140 Å². The Balaban J connectivity index is 1.96. The number of rotatable bonds is 3. The minimum absolute atomic E-state index is 0.147. The van der Waals surface area contributed by atoms with Crippen LogP contribution >= 0.6 is 23.8 Å². The van der Waals surface area contributed by atoms with Crippen molar-refractivity contribution in [2.45, 2.75) is 20.3 Å². The maximum absolute atomic E-state index is 12.1. The molecule has 0 fully saturated rings. The van der Waals surface area contributed by atoms with Gasteiger partial charge in [0, 0.05) is 10.7 Å². The second-order valence-corrected chi connectivity index (χ2v) is 5.83. The van der Waals surface area contributed by atoms with Crippen LogP contribution in [0.1, 0.15) is 16.7 Å². The number of amides is 1. The van der Waals surface area contributed by atoms with E-state index in [4.69, 9.17) is 23.8 Å². The lowest BCUT2D eigenvalue weighted by Crippen LogP contribution is -2.35. The first kappa shape index (κ1) is 16.5. The number of benzene rings is 2. The molecular weight excluding hydrogens is 316 g/mol. The van der Waals surface area contributed by atoms with Crippen molar-refractivity contribution in [2.24, 2.45) is 0 Å². The summed E-state index contributed by atoms with van der Waals surface area (Å²) < 4.78 is 0. The van der Waals surface area contributed by atoms with Gasteiger partial charge in [0.25, 0.3) is 0 Å². The Kier molecular flexibility index (Phi) is 5.52. The second-order valence-electron chi connectivity index (χ2n) is 5.02. The van der Waals surface area contributed by atoms with Crippen molar-refractivity contribution in [3.05, 3.63) is 64.2 Å². The molecule has 0 aliphatic rings. The average Bonchev–Trinajstić information content (AvgIpc) is 2.46. The van der Waals surface area contributed by atoms with Gasteiger partial charge in [-0.1, -0.05) is 41.9 Å². The minimum atomic E-state index is -0.147. The molecule has 0 spiro atoms. The molecule has 0 saturated heterocycles. The number of nitrogens with one attached hydrogen (secondary N) is 2. The van der Waals surface area contributed by atoms with E-state index >= 15 is 0 Å². The van der Waals surface area contributed by atoms with Crippen LogP contribution in [0.5, 0.6) is 0 Å². The molecule has 2 aromatic rings. The second kappa shape index (κ2) is 7.38. The van der Waals surface area contributed by atoms with Crippen LogP contribution in [0.4, 0.5) is 5.69 Å². The molecule has 0 bridgehead atoms. The molecule has 2 aromatic carbocycles. The van der Waals surface area contributed by atoms with Gasteiger partial charge in [-0.2, -0.15) is 0 Å². The summed E-state index contributed by atoms with van der Waals surface area (Å²) in [5.74, 6) is -0.147. The summed E-state index contributed by atoms with van der Waals surface area (Å²) >= 11 is 11.2. The van der Waals surface area contributed by atoms with Gasteiger partial charge in [-0.3, -0.25) is 4.79 Å². The molecule has 0 saturated carbocycles. The Morgan fingerprint density at radius 1 is 1.14 bits per heavy atom. The van der Waals surface area contributed by atoms with Crippen LogP contribution in [0.25, 0.3) is 0 Å². The molecule has 0 aromatic heterocycles. The number of anilines is 1. The van der Waals surface area contributed by atoms with Gasteiger partial charge >= 0.3 is 0 Å². The zero-order valence-corrected chi connectivity index (χ0v) is 14.0. The highest BCUT2D eigenvalue weighted by Gasteiger charge is 2.09. The first-order chi connectivity index (χ1) is 10.5. The number of hydrogen-bond acceptors (Lipinski definition) is 2. The highest BCUT2D eigenvalue weighted by Crippen LogP contribution is 2.22. The molecular formula is C17H17ClN2OS. The smallest absolute Gasteiger partial charge is 0.230 e. The predicted octanol–water partition coefficient (Wildman–Crippen LogP) is 4.01. The van der Waals surface area contributed by atoms with E-state index in [1.807, 2.05) is 56.3 Å². The summed E-state index contributed by atoms with van der Waals surface area (Å²) in [6.45, 7) is 3.87. The van der Waals surface area contributed by atoms with Crippen molar-refractivity contribution in [3.8, 4) is 0 Å². The lowest BCUT2D eigenvalue weighted by atomic mass is 10.1. The molecule has 0 aliphatic heterocycles. The fraction of sp³-hybridized carbons (Fsp3) is 0.176. The molecule has 0 radical (unpaired) electrons. The fourth-order valence-corrected chi connectivity index (χ4v) is 2.45. The Bertz CT molecular complexity index is 716. The van der Waals surface area contributed by atoms with Crippen LogP contribution in [-0.2, 0) is 11.2 Å². The highest BCUT2D eigenvalue weighted by molar-refractivity contribution is 7.80. The van der Waals surface area contributed by atoms with Crippen molar-refractivity contribution in [1.29, 1.82) is 0 Å². The summed E-state index contributed by atoms with van der Waals surface area (Å²) in [6.07, 6.45) is 0.295. The molecule has 2 N–H and O–H groups in total. The first-order valence-corrected chi connectivity index (χ1v) is 7.66. The molecule has 0 aliphatic carbocycles. The molecule has 3 nitrogen and oxygen atoms in total. The number of halogens is 1. The van der Waals surface area contributed by atoms with Crippen LogP contribution in [0, 0.1) is 13.8 Å². The molecule has 0 heterocycles. The third-order valence-corrected chi connectivity index (χ3v) is 3.99. The summed E-state index contributed by atoms with van der Waals surface area (Å²) in [6, 6.07) is 13.3. The van der Waals surface area contributed by atoms with E-state index in [-0.39, 0.29) is 11.0 Å². The number of hydrogen-bond donors (Lipinski definition) is 2. The number of carbonyl (C=O) groups is 1. The van der Waals surface area contributed by atoms with E-state index in [0.717, 1.165) is 22.4 Å². The van der Waals surface area contributed by atoms with Gasteiger partial charge in [0.1, 0.15) is 0 Å². The standard InChI is InChI=1S/C17H17ClN2OS/c1-11-6-3-4-7-13(11)10-16(21)20-17(22)19-15-9-5-8-14(18)12(15)2/h3-9H,10H2,1-2H3,(H2,19,20,21,22). The van der Waals surface area contributed by atoms with Gasteiger partial charge < -0.3 is 10.6 Å². The SMILES string of the molecule is Cc1ccccc1CC(=O)NC(=S)Nc1cccc(Cl)c1C. The molecule has 0 atom stereocenters. The van der Waals surface area contributed by atoms with Crippen molar-refractivity contribution in [2.75, 3.05) is 5.32 Å². The van der Waals surface area contributed by atoms with Crippen LogP contribution in [-0.4, -0.2) is 11.0 Å². The fourth-order valence-electron chi connectivity index (χ4n) is 2.05. The lowest BCUT2D eigenvalue weighted by Gasteiger charge is -2.13. The molecule has 22 heavy (non-hydrogen) atoms. The van der Waals surface area contributed by atoms with Gasteiger partial charge in [-0.05, 0) is 54.9 Å². The zero-order valence-electron chi connectivity index (χ0n) is 12.4. The zero-order chi connectivity index (χ0) is 16.1. The lowest BCUT2D eigenvalue weighted by molar-refractivity contribution is -0.119. The number of carbonyl (C=O) groups excluding carboxylic acids is 1. The number of thiocarbonyl (C=S) groups is 1. The monoisotopic (exact) mass is 332 g/mol. The van der Waals surface area contributed by atoms with E-state index in [2.05, 4.69) is 10.6 Å². The molecule has 5 heteroatoms. The summed E-state index contributed by atoms with van der Waals surface area (Å²) in [4.78, 5) is 12.1. The summed E-state index contributed by atoms with van der Waals surface area (Å²) in [5.41, 5.74) is 3.75. The summed E-state index contributed by atoms with van der Waals surface area (Å²) in [5, 5.41) is 6.61. The van der Waals surface area contributed by atoms with E-state index in [9.17, 15) is 4.79 Å². The van der Waals surface area contributed by atoms with Gasteiger partial charge in [0.2, 0.25) is 5.91 Å². The van der Waals surface area contributed by atoms with Crippen molar-refractivity contribution < 1.29 is 4.79 Å². The van der Waals surface area contributed by atoms with Crippen molar-refractivity contribution in [3.63, 3.8) is 0 Å². The quantitative estimate of drug-likeness (QED) is 0.834. The van der Waals surface area contributed by atoms with Crippen molar-refractivity contribution >= 4 is 40.5 Å². The maximum atomic E-state index is 12.1. The number of aryl methyl sites for hydroxylation is 1. The van der Waals surface area contributed by atoms with E-state index < -0.39 is 0 Å². The Hall–Kier alpha value is -1.91. The maximum Gasteiger partial charge on any atom is 0.230 e. The van der Waals surface area contributed by atoms with Gasteiger partial charge in [-0.25, -0.2) is 0 Å². The predicted molar refractivity (Wildman–Crippen MR) is 95.4 cm³/mol. The molecule has 1 amide bonds. The van der Waals surface area contributed by atoms with Gasteiger partial charge in [0.15, 0.2) is 5.11 Å². The van der Waals surface area contributed by atoms with Crippen LogP contribution in [0.3, 0.4) is 0 Å². The topological polar surface area (TPSA) is 41.1 Å². The van der Waals surface area contributed by atoms with E-state index in [1.54, 1.807) is 0 Å². The first-order valence-electron chi connectivity index (χ1n) is 6.88. The Morgan fingerprint density at radius 3 is 2.59 bits per heavy atom. The van der Waals surface area contributed by atoms with Crippen LogP contribution < -0.4 is 10.6 Å². The van der Waals surface area contributed by atoms with E-state index in [1.165, 1.54) is 0 Å². The molecule has 0 unspecified atom stereocenters. The van der Waals surface area contributed by atoms with Gasteiger partial charge in [0.05, 0.1) is 6.42 Å². The van der Waals surface area contributed by atoms with Crippen LogP contribution in [0.2, 0.25) is 5.02 Å². The van der Waals surface area contributed by atoms with Crippen molar-refractivity contribution in [1.82, 2.24) is 5.32 Å². The average molecular weight is 333 g/mol. The van der Waals surface area contributed by atoms with E-state index in [0.29, 0.717) is 11.4 Å². The molecule has 114 valence electrons. The third-order valence-electron chi connectivity index (χ3n) is 3.38.